The van der Waals surface area contributed by atoms with Gasteiger partial charge in [-0.05, 0) is 38.0 Å². The van der Waals surface area contributed by atoms with Crippen molar-refractivity contribution >= 4 is 5.96 Å². The van der Waals surface area contributed by atoms with Crippen LogP contribution in [0.25, 0.3) is 0 Å². The maximum Gasteiger partial charge on any atom is 0.191 e. The second-order valence-electron chi connectivity index (χ2n) is 7.20. The minimum absolute atomic E-state index is 0.0464. The summed E-state index contributed by atoms with van der Waals surface area (Å²) in [5.41, 5.74) is 1.23. The van der Waals surface area contributed by atoms with Crippen LogP contribution in [-0.2, 0) is 11.2 Å². The summed E-state index contributed by atoms with van der Waals surface area (Å²) >= 11 is 0. The van der Waals surface area contributed by atoms with Crippen LogP contribution in [-0.4, -0.2) is 77.1 Å². The van der Waals surface area contributed by atoms with E-state index in [2.05, 4.69) is 40.4 Å². The van der Waals surface area contributed by atoms with Gasteiger partial charge in [-0.1, -0.05) is 6.07 Å². The molecule has 0 unspecified atom stereocenters. The van der Waals surface area contributed by atoms with Gasteiger partial charge in [-0.2, -0.15) is 0 Å². The van der Waals surface area contributed by atoms with E-state index in [1.54, 1.807) is 21.3 Å². The molecule has 0 radical (unpaired) electrons. The number of methoxy groups -OCH3 is 2. The van der Waals surface area contributed by atoms with Gasteiger partial charge in [-0.3, -0.25) is 9.89 Å². The van der Waals surface area contributed by atoms with Crippen LogP contribution in [0.4, 0.5) is 0 Å². The van der Waals surface area contributed by atoms with Crippen molar-refractivity contribution in [2.75, 3.05) is 60.7 Å². The van der Waals surface area contributed by atoms with E-state index in [-0.39, 0.29) is 5.54 Å². The van der Waals surface area contributed by atoms with Gasteiger partial charge in [-0.15, -0.1) is 0 Å². The lowest BCUT2D eigenvalue weighted by Crippen LogP contribution is -2.56. The van der Waals surface area contributed by atoms with E-state index in [4.69, 9.17) is 14.2 Å². The van der Waals surface area contributed by atoms with Crippen molar-refractivity contribution in [1.82, 2.24) is 15.5 Å². The van der Waals surface area contributed by atoms with Crippen molar-refractivity contribution in [2.24, 2.45) is 4.99 Å². The number of morpholine rings is 1. The first-order chi connectivity index (χ1) is 13.0. The Morgan fingerprint density at radius 2 is 1.85 bits per heavy atom. The lowest BCUT2D eigenvalue weighted by atomic mass is 10.0. The van der Waals surface area contributed by atoms with Gasteiger partial charge in [0, 0.05) is 38.8 Å². The molecule has 27 heavy (non-hydrogen) atoms. The zero-order valence-corrected chi connectivity index (χ0v) is 17.3. The standard InChI is InChI=1S/C20H34N4O3/c1-20(2,24-10-12-27-13-11-24)15-23-19(21-3)22-9-8-16-6-7-17(25-4)18(14-16)26-5/h6-7,14H,8-13,15H2,1-5H3,(H2,21,22,23). The first-order valence-electron chi connectivity index (χ1n) is 9.48. The molecule has 2 N–H and O–H groups in total. The Morgan fingerprint density at radius 1 is 1.15 bits per heavy atom. The van der Waals surface area contributed by atoms with Gasteiger partial charge >= 0.3 is 0 Å². The van der Waals surface area contributed by atoms with Crippen LogP contribution in [0.3, 0.4) is 0 Å². The SMILES string of the molecule is CN=C(NCCc1ccc(OC)c(OC)c1)NCC(C)(C)N1CCOCC1. The van der Waals surface area contributed by atoms with E-state index in [0.29, 0.717) is 0 Å². The average Bonchev–Trinajstić information content (AvgIpc) is 2.71. The smallest absolute Gasteiger partial charge is 0.191 e. The summed E-state index contributed by atoms with van der Waals surface area (Å²) < 4.78 is 16.1. The molecule has 0 atom stereocenters. The zero-order valence-electron chi connectivity index (χ0n) is 17.3. The Balaban J connectivity index is 1.80. The van der Waals surface area contributed by atoms with Gasteiger partial charge in [0.15, 0.2) is 17.5 Å². The van der Waals surface area contributed by atoms with Crippen LogP contribution < -0.4 is 20.1 Å². The first-order valence-corrected chi connectivity index (χ1v) is 9.48. The Kier molecular flexibility index (Phi) is 8.19. The quantitative estimate of drug-likeness (QED) is 0.528. The molecular formula is C20H34N4O3. The van der Waals surface area contributed by atoms with E-state index < -0.39 is 0 Å². The summed E-state index contributed by atoms with van der Waals surface area (Å²) in [6, 6.07) is 6.01. The first kappa shape index (κ1) is 21.3. The molecule has 0 bridgehead atoms. The van der Waals surface area contributed by atoms with E-state index in [0.717, 1.165) is 63.3 Å². The Bertz CT molecular complexity index is 613. The number of aliphatic imine (C=N–C) groups is 1. The highest BCUT2D eigenvalue weighted by molar-refractivity contribution is 5.79. The van der Waals surface area contributed by atoms with Crippen molar-refractivity contribution in [2.45, 2.75) is 25.8 Å². The lowest BCUT2D eigenvalue weighted by Gasteiger charge is -2.41. The number of ether oxygens (including phenoxy) is 3. The molecule has 0 saturated carbocycles. The number of nitrogens with zero attached hydrogens (tertiary/aromatic N) is 2. The number of benzene rings is 1. The van der Waals surface area contributed by atoms with E-state index in [9.17, 15) is 0 Å². The summed E-state index contributed by atoms with van der Waals surface area (Å²) in [5.74, 6) is 2.32. The third-order valence-corrected chi connectivity index (χ3v) is 4.93. The summed E-state index contributed by atoms with van der Waals surface area (Å²) in [4.78, 5) is 6.79. The second-order valence-corrected chi connectivity index (χ2v) is 7.20. The molecular weight excluding hydrogens is 344 g/mol. The highest BCUT2D eigenvalue weighted by atomic mass is 16.5. The molecule has 1 aromatic rings. The number of rotatable bonds is 8. The number of guanidine groups is 1. The molecule has 152 valence electrons. The fourth-order valence-electron chi connectivity index (χ4n) is 3.16. The molecule has 0 aliphatic carbocycles. The summed E-state index contributed by atoms with van der Waals surface area (Å²) in [7, 11) is 5.10. The topological polar surface area (TPSA) is 67.4 Å². The van der Waals surface area contributed by atoms with Gasteiger partial charge in [0.1, 0.15) is 0 Å². The van der Waals surface area contributed by atoms with Crippen molar-refractivity contribution in [1.29, 1.82) is 0 Å². The third-order valence-electron chi connectivity index (χ3n) is 4.93. The molecule has 1 heterocycles. The fourth-order valence-corrected chi connectivity index (χ4v) is 3.16. The highest BCUT2D eigenvalue weighted by Gasteiger charge is 2.28. The predicted molar refractivity (Wildman–Crippen MR) is 109 cm³/mol. The predicted octanol–water partition coefficient (Wildman–Crippen LogP) is 1.52. The van der Waals surface area contributed by atoms with Gasteiger partial charge in [0.25, 0.3) is 0 Å². The monoisotopic (exact) mass is 378 g/mol. The number of hydrogen-bond acceptors (Lipinski definition) is 5. The Morgan fingerprint density at radius 3 is 2.48 bits per heavy atom. The highest BCUT2D eigenvalue weighted by Crippen LogP contribution is 2.27. The summed E-state index contributed by atoms with van der Waals surface area (Å²) in [6.45, 7) is 9.67. The molecule has 1 saturated heterocycles. The van der Waals surface area contributed by atoms with Crippen molar-refractivity contribution in [3.05, 3.63) is 23.8 Å². The van der Waals surface area contributed by atoms with Crippen LogP contribution in [0, 0.1) is 0 Å². The van der Waals surface area contributed by atoms with Crippen LogP contribution in [0.2, 0.25) is 0 Å². The van der Waals surface area contributed by atoms with Crippen LogP contribution in [0.5, 0.6) is 11.5 Å². The largest absolute Gasteiger partial charge is 0.493 e. The Labute approximate surface area is 163 Å². The van der Waals surface area contributed by atoms with Gasteiger partial charge in [0.05, 0.1) is 27.4 Å². The zero-order chi connectivity index (χ0) is 19.7. The van der Waals surface area contributed by atoms with Crippen LogP contribution in [0.15, 0.2) is 23.2 Å². The summed E-state index contributed by atoms with van der Waals surface area (Å²) in [6.07, 6.45) is 0.869. The number of hydrogen-bond donors (Lipinski definition) is 2. The number of nitrogens with one attached hydrogen (secondary N) is 2. The molecule has 2 rings (SSSR count). The minimum Gasteiger partial charge on any atom is -0.493 e. The van der Waals surface area contributed by atoms with Gasteiger partial charge in [-0.25, -0.2) is 0 Å². The van der Waals surface area contributed by atoms with Crippen LogP contribution in [0.1, 0.15) is 19.4 Å². The molecule has 7 nitrogen and oxygen atoms in total. The Hall–Kier alpha value is -1.99. The molecule has 0 aromatic heterocycles. The van der Waals surface area contributed by atoms with E-state index in [1.165, 1.54) is 5.56 Å². The molecule has 1 aliphatic rings. The molecule has 1 aromatic carbocycles. The lowest BCUT2D eigenvalue weighted by molar-refractivity contribution is -0.00833. The van der Waals surface area contributed by atoms with Crippen LogP contribution >= 0.6 is 0 Å². The normalized spacial score (nSPS) is 16.1. The minimum atomic E-state index is 0.0464. The summed E-state index contributed by atoms with van der Waals surface area (Å²) in [5, 5.41) is 6.83. The fraction of sp³-hybridized carbons (Fsp3) is 0.650. The molecule has 0 spiro atoms. The molecule has 1 fully saturated rings. The molecule has 7 heteroatoms. The second kappa shape index (κ2) is 10.4. The maximum atomic E-state index is 5.45. The van der Waals surface area contributed by atoms with E-state index in [1.807, 2.05) is 12.1 Å². The van der Waals surface area contributed by atoms with Crippen molar-refractivity contribution in [3.63, 3.8) is 0 Å². The third kappa shape index (κ3) is 6.29. The maximum absolute atomic E-state index is 5.45. The van der Waals surface area contributed by atoms with Crippen molar-refractivity contribution in [3.8, 4) is 11.5 Å². The molecule has 1 aliphatic heterocycles. The average molecular weight is 379 g/mol. The van der Waals surface area contributed by atoms with Gasteiger partial charge < -0.3 is 24.8 Å². The van der Waals surface area contributed by atoms with E-state index >= 15 is 0 Å². The van der Waals surface area contributed by atoms with Crippen molar-refractivity contribution < 1.29 is 14.2 Å². The molecule has 0 amide bonds. The van der Waals surface area contributed by atoms with Gasteiger partial charge in [0.2, 0.25) is 0 Å².